The Morgan fingerprint density at radius 2 is 2.23 bits per heavy atom. The van der Waals surface area contributed by atoms with Crippen molar-refractivity contribution >= 4 is 29.1 Å². The lowest BCUT2D eigenvalue weighted by molar-refractivity contribution is -0.110. The summed E-state index contributed by atoms with van der Waals surface area (Å²) in [5.74, 6) is -0.0778. The average molecular weight is 290 g/mol. The van der Waals surface area contributed by atoms with Gasteiger partial charge in [0.1, 0.15) is 0 Å². The summed E-state index contributed by atoms with van der Waals surface area (Å²) in [6, 6.07) is 5.87. The van der Waals surface area contributed by atoms with Crippen molar-refractivity contribution in [3.8, 4) is 0 Å². The van der Waals surface area contributed by atoms with Crippen LogP contribution in [0.3, 0.4) is 0 Å². The predicted molar refractivity (Wildman–Crippen MR) is 87.6 cm³/mol. The fraction of sp³-hybridized carbons (Fsp3) is 0.118. The normalized spacial score (nSPS) is 20.1. The summed E-state index contributed by atoms with van der Waals surface area (Å²) in [6.45, 7) is 2.01. The molecule has 2 heterocycles. The zero-order valence-electron chi connectivity index (χ0n) is 12.1. The van der Waals surface area contributed by atoms with E-state index in [9.17, 15) is 4.79 Å². The van der Waals surface area contributed by atoms with Crippen molar-refractivity contribution in [3.05, 3.63) is 58.9 Å². The van der Waals surface area contributed by atoms with Gasteiger partial charge < -0.3 is 10.6 Å². The van der Waals surface area contributed by atoms with Crippen molar-refractivity contribution in [2.24, 2.45) is 10.2 Å². The molecule has 1 amide bonds. The van der Waals surface area contributed by atoms with Gasteiger partial charge in [-0.15, -0.1) is 0 Å². The number of allylic oxidation sites excluding steroid dienone is 4. The van der Waals surface area contributed by atoms with E-state index in [4.69, 9.17) is 0 Å². The number of amides is 1. The first-order valence-corrected chi connectivity index (χ1v) is 7.11. The zero-order valence-corrected chi connectivity index (χ0v) is 12.1. The Labute approximate surface area is 127 Å². The van der Waals surface area contributed by atoms with E-state index in [1.54, 1.807) is 12.4 Å². The van der Waals surface area contributed by atoms with Gasteiger partial charge in [0, 0.05) is 35.1 Å². The molecule has 5 nitrogen and oxygen atoms in total. The predicted octanol–water partition coefficient (Wildman–Crippen LogP) is 2.53. The number of nitrogens with one attached hydrogen (secondary N) is 2. The van der Waals surface area contributed by atoms with Gasteiger partial charge >= 0.3 is 0 Å². The summed E-state index contributed by atoms with van der Waals surface area (Å²) < 4.78 is 0. The van der Waals surface area contributed by atoms with Gasteiger partial charge in [0.05, 0.1) is 17.5 Å². The van der Waals surface area contributed by atoms with Crippen molar-refractivity contribution in [2.75, 3.05) is 5.32 Å². The molecule has 4 rings (SSSR count). The molecule has 0 radical (unpaired) electrons. The first-order chi connectivity index (χ1) is 10.7. The van der Waals surface area contributed by atoms with Gasteiger partial charge in [0.25, 0.3) is 5.91 Å². The van der Waals surface area contributed by atoms with Crippen LogP contribution in [-0.2, 0) is 4.79 Å². The Morgan fingerprint density at radius 3 is 3.14 bits per heavy atom. The van der Waals surface area contributed by atoms with Crippen LogP contribution in [0.2, 0.25) is 0 Å². The van der Waals surface area contributed by atoms with Gasteiger partial charge in [-0.25, -0.2) is 0 Å². The maximum atomic E-state index is 12.1. The molecule has 5 heteroatoms. The summed E-state index contributed by atoms with van der Waals surface area (Å²) in [4.78, 5) is 12.1. The van der Waals surface area contributed by atoms with Crippen LogP contribution in [0.5, 0.6) is 0 Å². The van der Waals surface area contributed by atoms with Gasteiger partial charge in [-0.2, -0.15) is 10.2 Å². The van der Waals surface area contributed by atoms with E-state index in [0.29, 0.717) is 12.0 Å². The number of hydrogen-bond donors (Lipinski definition) is 2. The maximum Gasteiger partial charge on any atom is 0.257 e. The lowest BCUT2D eigenvalue weighted by Crippen LogP contribution is -2.16. The zero-order chi connectivity index (χ0) is 15.1. The largest absolute Gasteiger partial charge is 0.364 e. The van der Waals surface area contributed by atoms with E-state index in [-0.39, 0.29) is 5.91 Å². The standard InChI is InChI=1S/C17H14N4O/c1-10-3-2-4-14-16(10)13(17(22)20-14)9-18-12-6-5-11-8-19-21-15(11)7-12/h2-6,8-9,18H,7H2,1H3,(H,20,22). The molecule has 1 aromatic carbocycles. The fourth-order valence-electron chi connectivity index (χ4n) is 2.83. The molecule has 3 aliphatic rings. The molecule has 0 bridgehead atoms. The third-order valence-electron chi connectivity index (χ3n) is 3.97. The molecule has 0 unspecified atom stereocenters. The van der Waals surface area contributed by atoms with Crippen molar-refractivity contribution in [1.82, 2.24) is 5.32 Å². The minimum absolute atomic E-state index is 0.0778. The molecule has 0 spiro atoms. The van der Waals surface area contributed by atoms with Crippen LogP contribution in [0.15, 0.2) is 58.0 Å². The first-order valence-electron chi connectivity index (χ1n) is 7.11. The molecule has 0 aromatic heterocycles. The van der Waals surface area contributed by atoms with E-state index >= 15 is 0 Å². The molecular weight excluding hydrogens is 276 g/mol. The summed E-state index contributed by atoms with van der Waals surface area (Å²) in [5, 5.41) is 14.1. The van der Waals surface area contributed by atoms with Crippen molar-refractivity contribution < 1.29 is 4.79 Å². The molecule has 108 valence electrons. The monoisotopic (exact) mass is 290 g/mol. The van der Waals surface area contributed by atoms with Gasteiger partial charge in [0.2, 0.25) is 0 Å². The fourth-order valence-corrected chi connectivity index (χ4v) is 2.83. The molecule has 1 aliphatic carbocycles. The molecule has 1 aromatic rings. The number of fused-ring (bicyclic) bond motifs is 2. The third-order valence-corrected chi connectivity index (χ3v) is 3.97. The highest BCUT2D eigenvalue weighted by atomic mass is 16.2. The van der Waals surface area contributed by atoms with Crippen LogP contribution in [0.4, 0.5) is 5.69 Å². The number of carbonyl (C=O) groups excluding carboxylic acids is 1. The Morgan fingerprint density at radius 1 is 1.32 bits per heavy atom. The number of nitrogens with zero attached hydrogens (tertiary/aromatic N) is 2. The molecule has 2 N–H and O–H groups in total. The summed E-state index contributed by atoms with van der Waals surface area (Å²) >= 11 is 0. The van der Waals surface area contributed by atoms with E-state index in [1.165, 1.54) is 0 Å². The Hall–Kier alpha value is -2.95. The van der Waals surface area contributed by atoms with Gasteiger partial charge in [-0.3, -0.25) is 4.79 Å². The number of carbonyl (C=O) groups is 1. The molecule has 0 saturated heterocycles. The second-order valence-electron chi connectivity index (χ2n) is 5.44. The Kier molecular flexibility index (Phi) is 2.79. The first kappa shape index (κ1) is 12.8. The second-order valence-corrected chi connectivity index (χ2v) is 5.44. The molecule has 22 heavy (non-hydrogen) atoms. The van der Waals surface area contributed by atoms with Crippen LogP contribution in [-0.4, -0.2) is 17.8 Å². The number of benzene rings is 1. The third kappa shape index (κ3) is 1.98. The van der Waals surface area contributed by atoms with E-state index in [1.807, 2.05) is 37.3 Å². The minimum Gasteiger partial charge on any atom is -0.364 e. The highest BCUT2D eigenvalue weighted by molar-refractivity contribution is 6.31. The smallest absolute Gasteiger partial charge is 0.257 e. The van der Waals surface area contributed by atoms with Crippen molar-refractivity contribution in [3.63, 3.8) is 0 Å². The molecule has 2 aliphatic heterocycles. The van der Waals surface area contributed by atoms with Gasteiger partial charge in [-0.1, -0.05) is 12.1 Å². The quantitative estimate of drug-likeness (QED) is 0.822. The minimum atomic E-state index is -0.0778. The van der Waals surface area contributed by atoms with Crippen molar-refractivity contribution in [2.45, 2.75) is 13.3 Å². The topological polar surface area (TPSA) is 65.8 Å². The van der Waals surface area contributed by atoms with E-state index in [0.717, 1.165) is 33.8 Å². The van der Waals surface area contributed by atoms with Crippen molar-refractivity contribution in [1.29, 1.82) is 0 Å². The molecule has 0 atom stereocenters. The SMILES string of the molecule is Cc1cccc2c1C(=CNC1=CC=C3C=NN=C3C1)C(=O)N2. The summed E-state index contributed by atoms with van der Waals surface area (Å²) in [7, 11) is 0. The molecule has 0 saturated carbocycles. The lowest BCUT2D eigenvalue weighted by atomic mass is 10.0. The highest BCUT2D eigenvalue weighted by Gasteiger charge is 2.25. The van der Waals surface area contributed by atoms with Crippen LogP contribution < -0.4 is 10.6 Å². The van der Waals surface area contributed by atoms with Gasteiger partial charge in [-0.05, 0) is 30.7 Å². The lowest BCUT2D eigenvalue weighted by Gasteiger charge is -2.12. The summed E-state index contributed by atoms with van der Waals surface area (Å²) in [6.07, 6.45) is 8.19. The number of anilines is 1. The van der Waals surface area contributed by atoms with Crippen LogP contribution in [0, 0.1) is 6.92 Å². The number of aryl methyl sites for hydroxylation is 1. The summed E-state index contributed by atoms with van der Waals surface area (Å²) in [5.41, 5.74) is 6.58. The van der Waals surface area contributed by atoms with Crippen LogP contribution >= 0.6 is 0 Å². The van der Waals surface area contributed by atoms with E-state index < -0.39 is 0 Å². The maximum absolute atomic E-state index is 12.1. The average Bonchev–Trinajstić information content (AvgIpc) is 3.09. The number of rotatable bonds is 2. The van der Waals surface area contributed by atoms with Crippen LogP contribution in [0.25, 0.3) is 5.57 Å². The Balaban J connectivity index is 1.62. The highest BCUT2D eigenvalue weighted by Crippen LogP contribution is 2.33. The molecular formula is C17H14N4O. The molecule has 0 fully saturated rings. The van der Waals surface area contributed by atoms with Crippen LogP contribution in [0.1, 0.15) is 17.5 Å². The number of hydrogen-bond acceptors (Lipinski definition) is 4. The van der Waals surface area contributed by atoms with Gasteiger partial charge in [0.15, 0.2) is 0 Å². The second kappa shape index (κ2) is 4.80. The Bertz CT molecular complexity index is 840. The van der Waals surface area contributed by atoms with E-state index in [2.05, 4.69) is 20.8 Å².